The first-order chi connectivity index (χ1) is 14.1. The molecule has 1 aliphatic heterocycles. The van der Waals surface area contributed by atoms with E-state index >= 15 is 0 Å². The molecule has 1 N–H and O–H groups in total. The third kappa shape index (κ3) is 4.11. The van der Waals surface area contributed by atoms with Crippen LogP contribution in [0, 0.1) is 5.82 Å². The molecule has 0 spiro atoms. The highest BCUT2D eigenvalue weighted by Gasteiger charge is 2.24. The van der Waals surface area contributed by atoms with Crippen molar-refractivity contribution in [3.8, 4) is 0 Å². The predicted octanol–water partition coefficient (Wildman–Crippen LogP) is 3.03. The molecule has 0 atom stereocenters. The fourth-order valence-electron chi connectivity index (χ4n) is 3.19. The molecule has 0 bridgehead atoms. The van der Waals surface area contributed by atoms with Gasteiger partial charge in [0.2, 0.25) is 0 Å². The summed E-state index contributed by atoms with van der Waals surface area (Å²) in [6, 6.07) is 12.7. The van der Waals surface area contributed by atoms with Crippen LogP contribution in [0.3, 0.4) is 0 Å². The summed E-state index contributed by atoms with van der Waals surface area (Å²) in [5, 5.41) is 2.64. The number of carbonyl (C=O) groups excluding carboxylic acids is 2. The van der Waals surface area contributed by atoms with E-state index in [-0.39, 0.29) is 11.5 Å². The number of carbonyl (C=O) groups is 2. The Morgan fingerprint density at radius 2 is 1.79 bits per heavy atom. The summed E-state index contributed by atoms with van der Waals surface area (Å²) in [6.45, 7) is 2.40. The number of hydrogen-bond acceptors (Lipinski definition) is 5. The summed E-state index contributed by atoms with van der Waals surface area (Å²) in [7, 11) is 0. The predicted molar refractivity (Wildman–Crippen MR) is 105 cm³/mol. The fraction of sp³-hybridized carbons (Fsp3) is 0.190. The zero-order valence-electron chi connectivity index (χ0n) is 15.5. The van der Waals surface area contributed by atoms with Crippen LogP contribution in [0.1, 0.15) is 20.9 Å². The van der Waals surface area contributed by atoms with Crippen LogP contribution in [-0.4, -0.2) is 47.9 Å². The van der Waals surface area contributed by atoms with Gasteiger partial charge in [-0.2, -0.15) is 0 Å². The first-order valence-electron chi connectivity index (χ1n) is 9.21. The summed E-state index contributed by atoms with van der Waals surface area (Å²) in [4.78, 5) is 32.7. The zero-order chi connectivity index (χ0) is 20.2. The molecular formula is C21H19FN4O3. The number of halogens is 1. The molecule has 148 valence electrons. The first kappa shape index (κ1) is 18.7. The Balaban J connectivity index is 1.35. The van der Waals surface area contributed by atoms with Crippen LogP contribution in [0.5, 0.6) is 0 Å². The number of nitrogens with zero attached hydrogens (tertiary/aromatic N) is 3. The average Bonchev–Trinajstić information content (AvgIpc) is 3.29. The smallest absolute Gasteiger partial charge is 0.289 e. The van der Waals surface area contributed by atoms with Crippen LogP contribution in [0.2, 0.25) is 0 Å². The van der Waals surface area contributed by atoms with Gasteiger partial charge in [0.1, 0.15) is 11.6 Å². The fourth-order valence-corrected chi connectivity index (χ4v) is 3.19. The SMILES string of the molecule is O=C(Nc1ccc(N2CCN(C(=O)c3ccco3)CC2)nc1)c1ccccc1F. The molecule has 0 unspecified atom stereocenters. The molecule has 3 aromatic rings. The molecule has 1 aromatic carbocycles. The van der Waals surface area contributed by atoms with Crippen molar-refractivity contribution in [1.29, 1.82) is 0 Å². The number of nitrogens with one attached hydrogen (secondary N) is 1. The van der Waals surface area contributed by atoms with Gasteiger partial charge in [-0.3, -0.25) is 9.59 Å². The molecule has 29 heavy (non-hydrogen) atoms. The molecule has 7 nitrogen and oxygen atoms in total. The maximum atomic E-state index is 13.7. The second kappa shape index (κ2) is 8.14. The van der Waals surface area contributed by atoms with Crippen molar-refractivity contribution in [2.75, 3.05) is 36.4 Å². The molecule has 2 amide bonds. The van der Waals surface area contributed by atoms with Crippen molar-refractivity contribution in [2.24, 2.45) is 0 Å². The summed E-state index contributed by atoms with van der Waals surface area (Å²) in [5.41, 5.74) is 0.461. The highest BCUT2D eigenvalue weighted by molar-refractivity contribution is 6.04. The maximum absolute atomic E-state index is 13.7. The van der Waals surface area contributed by atoms with Gasteiger partial charge < -0.3 is 19.5 Å². The van der Waals surface area contributed by atoms with E-state index < -0.39 is 11.7 Å². The molecule has 0 saturated carbocycles. The molecule has 4 rings (SSSR count). The molecule has 8 heteroatoms. The monoisotopic (exact) mass is 394 g/mol. The lowest BCUT2D eigenvalue weighted by molar-refractivity contribution is 0.0714. The lowest BCUT2D eigenvalue weighted by atomic mass is 10.2. The molecule has 0 radical (unpaired) electrons. The Labute approximate surface area is 166 Å². The van der Waals surface area contributed by atoms with E-state index in [1.807, 2.05) is 0 Å². The van der Waals surface area contributed by atoms with E-state index in [4.69, 9.17) is 4.42 Å². The number of pyridine rings is 1. The van der Waals surface area contributed by atoms with Gasteiger partial charge in [0, 0.05) is 26.2 Å². The lowest BCUT2D eigenvalue weighted by Gasteiger charge is -2.35. The summed E-state index contributed by atoms with van der Waals surface area (Å²) in [6.07, 6.45) is 3.02. The van der Waals surface area contributed by atoms with Crippen molar-refractivity contribution in [2.45, 2.75) is 0 Å². The van der Waals surface area contributed by atoms with Gasteiger partial charge in [0.15, 0.2) is 5.76 Å². The first-order valence-corrected chi connectivity index (χ1v) is 9.21. The van der Waals surface area contributed by atoms with Gasteiger partial charge in [-0.1, -0.05) is 12.1 Å². The normalized spacial score (nSPS) is 14.0. The maximum Gasteiger partial charge on any atom is 0.289 e. The van der Waals surface area contributed by atoms with Crippen LogP contribution < -0.4 is 10.2 Å². The zero-order valence-corrected chi connectivity index (χ0v) is 15.5. The minimum Gasteiger partial charge on any atom is -0.459 e. The van der Waals surface area contributed by atoms with Gasteiger partial charge in [0.05, 0.1) is 23.7 Å². The highest BCUT2D eigenvalue weighted by atomic mass is 19.1. The van der Waals surface area contributed by atoms with Gasteiger partial charge >= 0.3 is 0 Å². The molecule has 1 saturated heterocycles. The molecular weight excluding hydrogens is 375 g/mol. The van der Waals surface area contributed by atoms with E-state index in [1.54, 1.807) is 35.2 Å². The average molecular weight is 394 g/mol. The van der Waals surface area contributed by atoms with Crippen molar-refractivity contribution in [1.82, 2.24) is 9.88 Å². The number of anilines is 2. The van der Waals surface area contributed by atoms with Crippen LogP contribution in [0.15, 0.2) is 65.4 Å². The quantitative estimate of drug-likeness (QED) is 0.736. The van der Waals surface area contributed by atoms with E-state index in [0.29, 0.717) is 37.6 Å². The van der Waals surface area contributed by atoms with E-state index in [0.717, 1.165) is 5.82 Å². The number of aromatic nitrogens is 1. The van der Waals surface area contributed by atoms with Crippen molar-refractivity contribution >= 4 is 23.3 Å². The van der Waals surface area contributed by atoms with Crippen LogP contribution in [-0.2, 0) is 0 Å². The third-order valence-electron chi connectivity index (χ3n) is 4.75. The summed E-state index contributed by atoms with van der Waals surface area (Å²) >= 11 is 0. The Morgan fingerprint density at radius 3 is 2.45 bits per heavy atom. The van der Waals surface area contributed by atoms with Crippen LogP contribution in [0.25, 0.3) is 0 Å². The number of hydrogen-bond donors (Lipinski definition) is 1. The van der Waals surface area contributed by atoms with Crippen molar-refractivity contribution in [3.05, 3.63) is 78.1 Å². The van der Waals surface area contributed by atoms with Crippen molar-refractivity contribution < 1.29 is 18.4 Å². The Hall–Kier alpha value is -3.68. The number of amides is 2. The molecule has 3 heterocycles. The standard InChI is InChI=1S/C21H19FN4O3/c22-17-5-2-1-4-16(17)20(27)24-15-7-8-19(23-14-15)25-9-11-26(12-10-25)21(28)18-6-3-13-29-18/h1-8,13-14H,9-12H2,(H,24,27). The van der Waals surface area contributed by atoms with E-state index in [9.17, 15) is 14.0 Å². The minimum absolute atomic E-state index is 0.0195. The number of rotatable bonds is 4. The lowest BCUT2D eigenvalue weighted by Crippen LogP contribution is -2.49. The number of piperazine rings is 1. The molecule has 1 aliphatic rings. The molecule has 1 fully saturated rings. The van der Waals surface area contributed by atoms with Gasteiger partial charge in [-0.05, 0) is 36.4 Å². The number of furan rings is 1. The second-order valence-electron chi connectivity index (χ2n) is 6.60. The Kier molecular flexibility index (Phi) is 5.24. The molecule has 2 aromatic heterocycles. The topological polar surface area (TPSA) is 78.7 Å². The molecule has 0 aliphatic carbocycles. The third-order valence-corrected chi connectivity index (χ3v) is 4.75. The van der Waals surface area contributed by atoms with Crippen LogP contribution in [0.4, 0.5) is 15.9 Å². The van der Waals surface area contributed by atoms with Gasteiger partial charge in [0.25, 0.3) is 11.8 Å². The summed E-state index contributed by atoms with van der Waals surface area (Å²) in [5.74, 6) is -0.126. The second-order valence-corrected chi connectivity index (χ2v) is 6.60. The van der Waals surface area contributed by atoms with E-state index in [1.165, 1.54) is 30.7 Å². The largest absolute Gasteiger partial charge is 0.459 e. The van der Waals surface area contributed by atoms with Crippen molar-refractivity contribution in [3.63, 3.8) is 0 Å². The Bertz CT molecular complexity index is 997. The minimum atomic E-state index is -0.573. The van der Waals surface area contributed by atoms with Crippen LogP contribution >= 0.6 is 0 Å². The van der Waals surface area contributed by atoms with Gasteiger partial charge in [-0.25, -0.2) is 9.37 Å². The van der Waals surface area contributed by atoms with Gasteiger partial charge in [-0.15, -0.1) is 0 Å². The highest BCUT2D eigenvalue weighted by Crippen LogP contribution is 2.18. The van der Waals surface area contributed by atoms with E-state index in [2.05, 4.69) is 15.2 Å². The number of benzene rings is 1. The Morgan fingerprint density at radius 1 is 1.00 bits per heavy atom. The summed E-state index contributed by atoms with van der Waals surface area (Å²) < 4.78 is 18.9.